The summed E-state index contributed by atoms with van der Waals surface area (Å²) in [5.41, 5.74) is 2.49. The smallest absolute Gasteiger partial charge is 0.230 e. The van der Waals surface area contributed by atoms with Crippen LogP contribution in [0.25, 0.3) is 16.6 Å². The highest BCUT2D eigenvalue weighted by atomic mass is 35.5. The number of benzene rings is 1. The van der Waals surface area contributed by atoms with Crippen molar-refractivity contribution in [1.82, 2.24) is 9.55 Å². The number of halogens is 1. The molecule has 3 rings (SSSR count). The Labute approximate surface area is 171 Å². The molecule has 1 N–H and O–H groups in total. The molecule has 0 radical (unpaired) electrons. The molecular formula is C20H20ClN3O5. The molecule has 9 heteroatoms. The number of pyridine rings is 2. The van der Waals surface area contributed by atoms with Crippen LogP contribution in [0.1, 0.15) is 11.3 Å². The molecule has 2 heterocycles. The molecule has 29 heavy (non-hydrogen) atoms. The number of para-hydroxylation sites is 1. The zero-order chi connectivity index (χ0) is 21.1. The van der Waals surface area contributed by atoms with Crippen molar-refractivity contribution in [3.05, 3.63) is 61.7 Å². The van der Waals surface area contributed by atoms with Gasteiger partial charge in [-0.05, 0) is 25.5 Å². The molecule has 0 saturated carbocycles. The molecule has 152 valence electrons. The van der Waals surface area contributed by atoms with Gasteiger partial charge in [0.2, 0.25) is 11.8 Å². The number of aliphatic hydroxyl groups is 1. The molecule has 3 aromatic rings. The van der Waals surface area contributed by atoms with Crippen molar-refractivity contribution in [2.45, 2.75) is 19.9 Å². The van der Waals surface area contributed by atoms with E-state index in [0.717, 1.165) is 11.3 Å². The topological polar surface area (TPSA) is 103 Å². The van der Waals surface area contributed by atoms with Crippen molar-refractivity contribution < 1.29 is 14.6 Å². The molecule has 0 fully saturated rings. The summed E-state index contributed by atoms with van der Waals surface area (Å²) in [5, 5.41) is 12.7. The molecule has 0 aliphatic carbocycles. The minimum atomic E-state index is -0.975. The molecule has 1 unspecified atom stereocenters. The first-order valence-corrected chi connectivity index (χ1v) is 9.22. The number of rotatable bonds is 7. The summed E-state index contributed by atoms with van der Waals surface area (Å²) in [4.78, 5) is 27.8. The lowest BCUT2D eigenvalue weighted by molar-refractivity contribution is 0.203. The standard InChI is InChI=1S/C20H20ClN3O5/c1-11-5-4-6-14(21)19(11)24-12(2)7-16(26)18-15(24)8-17(28-3)22-20(18)29-10-13(9-25)23-27/h4-8,13,25H,9-10H2,1-3H3. The van der Waals surface area contributed by atoms with Gasteiger partial charge in [0.15, 0.2) is 5.43 Å². The Balaban J connectivity index is 2.33. The average Bonchev–Trinajstić information content (AvgIpc) is 2.70. The summed E-state index contributed by atoms with van der Waals surface area (Å²) < 4.78 is 12.7. The Hall–Kier alpha value is -2.97. The monoisotopic (exact) mass is 417 g/mol. The molecule has 8 nitrogen and oxygen atoms in total. The van der Waals surface area contributed by atoms with E-state index < -0.39 is 12.6 Å². The number of hydrogen-bond acceptors (Lipinski definition) is 7. The summed E-state index contributed by atoms with van der Waals surface area (Å²) in [6, 6.07) is 7.65. The number of aliphatic hydroxyl groups excluding tert-OH is 1. The summed E-state index contributed by atoms with van der Waals surface area (Å²) in [7, 11) is 1.44. The Morgan fingerprint density at radius 3 is 2.69 bits per heavy atom. The van der Waals surface area contributed by atoms with E-state index in [1.165, 1.54) is 13.2 Å². The van der Waals surface area contributed by atoms with E-state index in [9.17, 15) is 9.70 Å². The van der Waals surface area contributed by atoms with Crippen molar-refractivity contribution in [2.75, 3.05) is 20.3 Å². The third-order valence-electron chi connectivity index (χ3n) is 4.52. The highest BCUT2D eigenvalue weighted by Crippen LogP contribution is 2.32. The fourth-order valence-electron chi connectivity index (χ4n) is 3.12. The van der Waals surface area contributed by atoms with Gasteiger partial charge in [-0.2, -0.15) is 9.89 Å². The van der Waals surface area contributed by atoms with Crippen LogP contribution in [0.2, 0.25) is 5.02 Å². The molecular weight excluding hydrogens is 398 g/mol. The highest BCUT2D eigenvalue weighted by Gasteiger charge is 2.20. The van der Waals surface area contributed by atoms with E-state index in [2.05, 4.69) is 10.2 Å². The van der Waals surface area contributed by atoms with Crippen LogP contribution in [0.3, 0.4) is 0 Å². The maximum absolute atomic E-state index is 12.8. The quantitative estimate of drug-likeness (QED) is 0.592. The Bertz CT molecular complexity index is 1110. The van der Waals surface area contributed by atoms with E-state index in [1.807, 2.05) is 23.6 Å². The van der Waals surface area contributed by atoms with Crippen LogP contribution in [-0.4, -0.2) is 41.0 Å². The minimum absolute atomic E-state index is 0.00935. The maximum Gasteiger partial charge on any atom is 0.230 e. The van der Waals surface area contributed by atoms with Crippen LogP contribution in [0.15, 0.2) is 40.3 Å². The first-order chi connectivity index (χ1) is 13.9. The predicted octanol–water partition coefficient (Wildman–Crippen LogP) is 3.17. The second kappa shape index (κ2) is 8.59. The fourth-order valence-corrected chi connectivity index (χ4v) is 3.42. The first-order valence-electron chi connectivity index (χ1n) is 8.84. The lowest BCUT2D eigenvalue weighted by Crippen LogP contribution is -2.21. The Kier molecular flexibility index (Phi) is 6.14. The van der Waals surface area contributed by atoms with Crippen molar-refractivity contribution in [3.63, 3.8) is 0 Å². The second-order valence-corrected chi connectivity index (χ2v) is 6.91. The molecule has 2 aromatic heterocycles. The van der Waals surface area contributed by atoms with E-state index in [1.54, 1.807) is 19.1 Å². The summed E-state index contributed by atoms with van der Waals surface area (Å²) in [6.45, 7) is 3.01. The lowest BCUT2D eigenvalue weighted by atomic mass is 10.1. The molecule has 0 amide bonds. The van der Waals surface area contributed by atoms with Gasteiger partial charge in [0, 0.05) is 17.8 Å². The van der Waals surface area contributed by atoms with Gasteiger partial charge < -0.3 is 19.1 Å². The largest absolute Gasteiger partial charge is 0.481 e. The van der Waals surface area contributed by atoms with Crippen LogP contribution in [0.5, 0.6) is 11.8 Å². The molecule has 0 bridgehead atoms. The number of hydrogen-bond donors (Lipinski definition) is 1. The van der Waals surface area contributed by atoms with Crippen molar-refractivity contribution in [3.8, 4) is 17.4 Å². The first kappa shape index (κ1) is 20.8. The van der Waals surface area contributed by atoms with Gasteiger partial charge in [-0.1, -0.05) is 28.9 Å². The number of fused-ring (bicyclic) bond motifs is 1. The van der Waals surface area contributed by atoms with Gasteiger partial charge in [-0.15, -0.1) is 0 Å². The maximum atomic E-state index is 12.8. The highest BCUT2D eigenvalue weighted by molar-refractivity contribution is 6.32. The number of ether oxygens (including phenoxy) is 2. The van der Waals surface area contributed by atoms with Crippen LogP contribution in [-0.2, 0) is 0 Å². The zero-order valence-corrected chi connectivity index (χ0v) is 16.9. The normalized spacial score (nSPS) is 12.0. The Morgan fingerprint density at radius 2 is 2.07 bits per heavy atom. The van der Waals surface area contributed by atoms with Gasteiger partial charge in [0.1, 0.15) is 18.0 Å². The van der Waals surface area contributed by atoms with Crippen molar-refractivity contribution in [2.24, 2.45) is 5.18 Å². The molecule has 1 aromatic carbocycles. The van der Waals surface area contributed by atoms with Crippen LogP contribution in [0, 0.1) is 18.8 Å². The summed E-state index contributed by atoms with van der Waals surface area (Å²) >= 11 is 6.48. The zero-order valence-electron chi connectivity index (χ0n) is 16.2. The van der Waals surface area contributed by atoms with E-state index in [0.29, 0.717) is 16.2 Å². The third-order valence-corrected chi connectivity index (χ3v) is 4.82. The van der Waals surface area contributed by atoms with E-state index >= 15 is 0 Å². The van der Waals surface area contributed by atoms with Crippen molar-refractivity contribution >= 4 is 22.5 Å². The number of nitroso groups, excluding NO2 is 1. The van der Waals surface area contributed by atoms with Crippen molar-refractivity contribution in [1.29, 1.82) is 0 Å². The van der Waals surface area contributed by atoms with Gasteiger partial charge in [0.25, 0.3) is 0 Å². The van der Waals surface area contributed by atoms with E-state index in [-0.39, 0.29) is 29.2 Å². The predicted molar refractivity (Wildman–Crippen MR) is 111 cm³/mol. The van der Waals surface area contributed by atoms with Crippen LogP contribution in [0.4, 0.5) is 0 Å². The lowest BCUT2D eigenvalue weighted by Gasteiger charge is -2.20. The van der Waals surface area contributed by atoms with Gasteiger partial charge >= 0.3 is 0 Å². The third kappa shape index (κ3) is 3.94. The summed E-state index contributed by atoms with van der Waals surface area (Å²) in [6.07, 6.45) is 0. The van der Waals surface area contributed by atoms with Gasteiger partial charge in [0.05, 0.1) is 29.9 Å². The second-order valence-electron chi connectivity index (χ2n) is 6.51. The SMILES string of the molecule is COc1cc2c(c(OCC(CO)N=O)n1)c(=O)cc(C)n2-c1c(C)cccc1Cl. The van der Waals surface area contributed by atoms with Gasteiger partial charge in [-0.25, -0.2) is 0 Å². The minimum Gasteiger partial charge on any atom is -0.481 e. The number of nitrogens with zero attached hydrogens (tertiary/aromatic N) is 3. The number of aryl methyl sites for hydroxylation is 2. The molecule has 0 aliphatic heterocycles. The summed E-state index contributed by atoms with van der Waals surface area (Å²) in [5.74, 6) is 0.209. The molecule has 0 aliphatic rings. The average molecular weight is 418 g/mol. The number of methoxy groups -OCH3 is 1. The number of aromatic nitrogens is 2. The molecule has 0 saturated heterocycles. The Morgan fingerprint density at radius 1 is 1.31 bits per heavy atom. The molecule has 0 spiro atoms. The fraction of sp³-hybridized carbons (Fsp3) is 0.300. The van der Waals surface area contributed by atoms with E-state index in [4.69, 9.17) is 26.2 Å². The van der Waals surface area contributed by atoms with Crippen LogP contribution < -0.4 is 14.9 Å². The van der Waals surface area contributed by atoms with Crippen LogP contribution >= 0.6 is 11.6 Å². The van der Waals surface area contributed by atoms with Gasteiger partial charge in [-0.3, -0.25) is 4.79 Å². The molecule has 1 atom stereocenters.